The van der Waals surface area contributed by atoms with Gasteiger partial charge in [-0.15, -0.1) is 0 Å². The first-order valence-electron chi connectivity index (χ1n) is 7.18. The molecule has 1 heterocycles. The molecule has 1 N–H and O–H groups in total. The summed E-state index contributed by atoms with van der Waals surface area (Å²) in [4.78, 5) is 0. The Morgan fingerprint density at radius 1 is 1.24 bits per heavy atom. The van der Waals surface area contributed by atoms with E-state index >= 15 is 0 Å². The average Bonchev–Trinajstić information content (AvgIpc) is 2.90. The van der Waals surface area contributed by atoms with Gasteiger partial charge < -0.3 is 19.3 Å². The third-order valence-corrected chi connectivity index (χ3v) is 2.93. The van der Waals surface area contributed by atoms with E-state index in [1.807, 2.05) is 38.2 Å². The molecule has 2 rings (SSSR count). The third-order valence-electron chi connectivity index (χ3n) is 2.93. The molecule has 0 saturated heterocycles. The number of aryl methyl sites for hydroxylation is 1. The van der Waals surface area contributed by atoms with E-state index in [0.717, 1.165) is 35.7 Å². The molecule has 1 aromatic carbocycles. The van der Waals surface area contributed by atoms with E-state index in [4.69, 9.17) is 14.0 Å². The van der Waals surface area contributed by atoms with Crippen LogP contribution in [0.2, 0.25) is 0 Å². The molecule has 0 aliphatic rings. The Balaban J connectivity index is 2.09. The molecule has 0 unspecified atom stereocenters. The van der Waals surface area contributed by atoms with Crippen LogP contribution >= 0.6 is 0 Å². The van der Waals surface area contributed by atoms with E-state index < -0.39 is 0 Å². The van der Waals surface area contributed by atoms with Gasteiger partial charge >= 0.3 is 0 Å². The monoisotopic (exact) mass is 290 g/mol. The summed E-state index contributed by atoms with van der Waals surface area (Å²) in [5, 5.41) is 6.99. The van der Waals surface area contributed by atoms with Crippen molar-refractivity contribution in [2.24, 2.45) is 0 Å². The van der Waals surface area contributed by atoms with Gasteiger partial charge in [-0.05, 0) is 26.5 Å². The number of ether oxygens (including phenoxy) is 2. The highest BCUT2D eigenvalue weighted by Gasteiger charge is 2.08. The molecule has 0 saturated carbocycles. The number of benzene rings is 1. The molecule has 0 spiro atoms. The lowest BCUT2D eigenvalue weighted by Gasteiger charge is -2.13. The van der Waals surface area contributed by atoms with Crippen molar-refractivity contribution in [3.05, 3.63) is 41.3 Å². The molecule has 0 aliphatic heterocycles. The zero-order valence-electron chi connectivity index (χ0n) is 12.8. The molecular formula is C16H22N2O3. The topological polar surface area (TPSA) is 56.5 Å². The van der Waals surface area contributed by atoms with Gasteiger partial charge in [-0.3, -0.25) is 0 Å². The number of nitrogens with zero attached hydrogens (tertiary/aromatic N) is 1. The summed E-state index contributed by atoms with van der Waals surface area (Å²) >= 11 is 0. The Kier molecular flexibility index (Phi) is 5.63. The Hall–Kier alpha value is -2.01. The summed E-state index contributed by atoms with van der Waals surface area (Å²) in [5.41, 5.74) is 1.93. The quantitative estimate of drug-likeness (QED) is 0.809. The van der Waals surface area contributed by atoms with Gasteiger partial charge in [0.25, 0.3) is 0 Å². The maximum absolute atomic E-state index is 5.86. The highest BCUT2D eigenvalue weighted by Crippen LogP contribution is 2.26. The van der Waals surface area contributed by atoms with Crippen molar-refractivity contribution in [1.29, 1.82) is 0 Å². The van der Waals surface area contributed by atoms with Crippen molar-refractivity contribution < 1.29 is 14.0 Å². The van der Waals surface area contributed by atoms with Crippen molar-refractivity contribution in [1.82, 2.24) is 10.5 Å². The van der Waals surface area contributed by atoms with Crippen LogP contribution in [-0.2, 0) is 13.2 Å². The number of hydrogen-bond acceptors (Lipinski definition) is 5. The standard InChI is InChI=1S/C16H22N2O3/c1-4-7-19-14-6-5-13(10-17-3)16(9-14)20-11-15-8-12(2)18-21-15/h5-6,8-9,17H,4,7,10-11H2,1-3H3. The summed E-state index contributed by atoms with van der Waals surface area (Å²) in [6, 6.07) is 7.77. The van der Waals surface area contributed by atoms with Crippen molar-refractivity contribution in [2.75, 3.05) is 13.7 Å². The minimum atomic E-state index is 0.356. The van der Waals surface area contributed by atoms with Crippen LogP contribution in [0.5, 0.6) is 11.5 Å². The Morgan fingerprint density at radius 3 is 2.76 bits per heavy atom. The molecule has 114 valence electrons. The van der Waals surface area contributed by atoms with Crippen molar-refractivity contribution >= 4 is 0 Å². The Bertz CT molecular complexity index is 566. The molecule has 0 radical (unpaired) electrons. The molecule has 21 heavy (non-hydrogen) atoms. The molecule has 5 heteroatoms. The molecule has 0 bridgehead atoms. The van der Waals surface area contributed by atoms with Crippen molar-refractivity contribution in [2.45, 2.75) is 33.4 Å². The predicted octanol–water partition coefficient (Wildman–Crippen LogP) is 3.07. The molecule has 2 aromatic rings. The number of hydrogen-bond donors (Lipinski definition) is 1. The second kappa shape index (κ2) is 7.69. The maximum Gasteiger partial charge on any atom is 0.174 e. The summed E-state index contributed by atoms with van der Waals surface area (Å²) in [6.45, 7) is 5.76. The summed E-state index contributed by atoms with van der Waals surface area (Å²) in [7, 11) is 1.91. The third kappa shape index (κ3) is 4.49. The molecular weight excluding hydrogens is 268 g/mol. The van der Waals surface area contributed by atoms with Gasteiger partial charge in [-0.25, -0.2) is 0 Å². The zero-order valence-corrected chi connectivity index (χ0v) is 12.8. The lowest BCUT2D eigenvalue weighted by atomic mass is 10.2. The molecule has 1 aromatic heterocycles. The van der Waals surface area contributed by atoms with E-state index in [1.54, 1.807) is 0 Å². The van der Waals surface area contributed by atoms with Gasteiger partial charge in [0.05, 0.1) is 12.3 Å². The smallest absolute Gasteiger partial charge is 0.174 e. The van der Waals surface area contributed by atoms with E-state index in [1.165, 1.54) is 0 Å². The minimum absolute atomic E-state index is 0.356. The number of rotatable bonds is 8. The lowest BCUT2D eigenvalue weighted by Crippen LogP contribution is -2.08. The van der Waals surface area contributed by atoms with Gasteiger partial charge in [0.15, 0.2) is 5.76 Å². The van der Waals surface area contributed by atoms with Gasteiger partial charge in [-0.2, -0.15) is 0 Å². The second-order valence-corrected chi connectivity index (χ2v) is 4.87. The first-order chi connectivity index (χ1) is 10.2. The number of nitrogens with one attached hydrogen (secondary N) is 1. The van der Waals surface area contributed by atoms with E-state index in [-0.39, 0.29) is 0 Å². The van der Waals surface area contributed by atoms with Crippen LogP contribution < -0.4 is 14.8 Å². The van der Waals surface area contributed by atoms with Crippen molar-refractivity contribution in [3.63, 3.8) is 0 Å². The van der Waals surface area contributed by atoms with E-state index in [0.29, 0.717) is 19.0 Å². The summed E-state index contributed by atoms with van der Waals surface area (Å²) < 4.78 is 16.7. The molecule has 0 atom stereocenters. The van der Waals surface area contributed by atoms with Crippen LogP contribution in [0.3, 0.4) is 0 Å². The molecule has 5 nitrogen and oxygen atoms in total. The summed E-state index contributed by atoms with van der Waals surface area (Å²) in [5.74, 6) is 2.33. The largest absolute Gasteiger partial charge is 0.493 e. The van der Waals surface area contributed by atoms with Crippen LogP contribution in [0.1, 0.15) is 30.4 Å². The highest BCUT2D eigenvalue weighted by molar-refractivity contribution is 5.40. The fraction of sp³-hybridized carbons (Fsp3) is 0.438. The van der Waals surface area contributed by atoms with Crippen LogP contribution in [0, 0.1) is 6.92 Å². The van der Waals surface area contributed by atoms with Gasteiger partial charge in [-0.1, -0.05) is 18.1 Å². The molecule has 0 aliphatic carbocycles. The van der Waals surface area contributed by atoms with E-state index in [9.17, 15) is 0 Å². The van der Waals surface area contributed by atoms with Crippen LogP contribution in [0.15, 0.2) is 28.8 Å². The highest BCUT2D eigenvalue weighted by atomic mass is 16.5. The molecule has 0 fully saturated rings. The first kappa shape index (κ1) is 15.4. The zero-order chi connectivity index (χ0) is 15.1. The van der Waals surface area contributed by atoms with Crippen LogP contribution in [0.25, 0.3) is 0 Å². The maximum atomic E-state index is 5.86. The van der Waals surface area contributed by atoms with Crippen LogP contribution in [-0.4, -0.2) is 18.8 Å². The second-order valence-electron chi connectivity index (χ2n) is 4.87. The normalized spacial score (nSPS) is 10.6. The van der Waals surface area contributed by atoms with E-state index in [2.05, 4.69) is 17.4 Å². The Labute approximate surface area is 125 Å². The first-order valence-corrected chi connectivity index (χ1v) is 7.18. The molecule has 0 amide bonds. The average molecular weight is 290 g/mol. The van der Waals surface area contributed by atoms with Gasteiger partial charge in [0, 0.05) is 24.2 Å². The fourth-order valence-corrected chi connectivity index (χ4v) is 1.95. The predicted molar refractivity (Wildman–Crippen MR) is 80.6 cm³/mol. The van der Waals surface area contributed by atoms with Crippen LogP contribution in [0.4, 0.5) is 0 Å². The van der Waals surface area contributed by atoms with Gasteiger partial charge in [0.1, 0.15) is 18.1 Å². The van der Waals surface area contributed by atoms with Gasteiger partial charge in [0.2, 0.25) is 0 Å². The van der Waals surface area contributed by atoms with Crippen molar-refractivity contribution in [3.8, 4) is 11.5 Å². The number of aromatic nitrogens is 1. The SMILES string of the molecule is CCCOc1ccc(CNC)c(OCc2cc(C)no2)c1. The summed E-state index contributed by atoms with van der Waals surface area (Å²) in [6.07, 6.45) is 0.978. The lowest BCUT2D eigenvalue weighted by molar-refractivity contribution is 0.244. The minimum Gasteiger partial charge on any atom is -0.493 e. The fourth-order valence-electron chi connectivity index (χ4n) is 1.95. The Morgan fingerprint density at radius 2 is 2.10 bits per heavy atom.